The van der Waals surface area contributed by atoms with E-state index in [-0.39, 0.29) is 22.8 Å². The van der Waals surface area contributed by atoms with Crippen molar-refractivity contribution in [3.63, 3.8) is 0 Å². The molecule has 1 aliphatic heterocycles. The Morgan fingerprint density at radius 1 is 1.09 bits per heavy atom. The van der Waals surface area contributed by atoms with Crippen LogP contribution in [0.3, 0.4) is 0 Å². The van der Waals surface area contributed by atoms with Crippen LogP contribution in [-0.2, 0) is 11.0 Å². The fourth-order valence-electron chi connectivity index (χ4n) is 2.89. The molecule has 0 aliphatic carbocycles. The van der Waals surface area contributed by atoms with Crippen molar-refractivity contribution in [2.75, 3.05) is 16.4 Å². The van der Waals surface area contributed by atoms with Crippen LogP contribution in [0.2, 0.25) is 0 Å². The molecule has 10 heteroatoms. The maximum Gasteiger partial charge on any atom is 0.418 e. The van der Waals surface area contributed by atoms with Crippen molar-refractivity contribution in [2.45, 2.75) is 28.1 Å². The summed E-state index contributed by atoms with van der Waals surface area (Å²) in [5.74, 6) is -0.266. The molecule has 172 valence electrons. The SMILES string of the molecule is CC1Sc2ccc(C(=O)Nc3cccc(S)c3)cc2NC1=O.Nc1ccccc1C(F)(F)F. The Labute approximate surface area is 198 Å². The third-order valence-electron chi connectivity index (χ3n) is 4.54. The van der Waals surface area contributed by atoms with Gasteiger partial charge in [0.2, 0.25) is 5.91 Å². The smallest absolute Gasteiger partial charge is 0.398 e. The molecule has 3 aromatic rings. The number of thioether (sulfide) groups is 1. The van der Waals surface area contributed by atoms with Crippen LogP contribution < -0.4 is 16.4 Å². The number of carbonyl (C=O) groups excluding carboxylic acids is 2. The van der Waals surface area contributed by atoms with Gasteiger partial charge in [0.25, 0.3) is 5.91 Å². The van der Waals surface area contributed by atoms with E-state index in [0.29, 0.717) is 16.9 Å². The zero-order valence-electron chi connectivity index (χ0n) is 17.3. The first-order chi connectivity index (χ1) is 15.5. The van der Waals surface area contributed by atoms with Crippen molar-refractivity contribution < 1.29 is 22.8 Å². The van der Waals surface area contributed by atoms with Gasteiger partial charge in [-0.1, -0.05) is 18.2 Å². The van der Waals surface area contributed by atoms with Crippen LogP contribution in [0, 0.1) is 0 Å². The van der Waals surface area contributed by atoms with Crippen molar-refractivity contribution in [3.05, 3.63) is 77.9 Å². The van der Waals surface area contributed by atoms with Crippen molar-refractivity contribution in [3.8, 4) is 0 Å². The number of rotatable bonds is 2. The molecule has 3 aromatic carbocycles. The number of benzene rings is 3. The molecule has 2 amide bonds. The van der Waals surface area contributed by atoms with Gasteiger partial charge in [0.05, 0.1) is 16.5 Å². The number of hydrogen-bond acceptors (Lipinski definition) is 5. The number of thiol groups is 1. The van der Waals surface area contributed by atoms with Gasteiger partial charge in [-0.15, -0.1) is 24.4 Å². The third-order valence-corrected chi connectivity index (χ3v) is 6.00. The zero-order chi connectivity index (χ0) is 24.2. The first kappa shape index (κ1) is 24.5. The van der Waals surface area contributed by atoms with Gasteiger partial charge in [0.15, 0.2) is 0 Å². The maximum absolute atomic E-state index is 12.3. The molecule has 0 saturated carbocycles. The summed E-state index contributed by atoms with van der Waals surface area (Å²) in [6, 6.07) is 17.5. The second-order valence-electron chi connectivity index (χ2n) is 7.05. The summed E-state index contributed by atoms with van der Waals surface area (Å²) in [4.78, 5) is 25.8. The number of halogens is 3. The maximum atomic E-state index is 12.3. The molecule has 0 saturated heterocycles. The van der Waals surface area contributed by atoms with Crippen molar-refractivity contribution in [2.24, 2.45) is 0 Å². The van der Waals surface area contributed by atoms with Crippen LogP contribution in [-0.4, -0.2) is 17.1 Å². The largest absolute Gasteiger partial charge is 0.418 e. The van der Waals surface area contributed by atoms with Gasteiger partial charge in [-0.05, 0) is 55.5 Å². The number of para-hydroxylation sites is 1. The fourth-order valence-corrected chi connectivity index (χ4v) is 4.05. The van der Waals surface area contributed by atoms with Crippen LogP contribution in [0.15, 0.2) is 76.5 Å². The van der Waals surface area contributed by atoms with Gasteiger partial charge in [0, 0.05) is 26.7 Å². The number of nitrogens with two attached hydrogens (primary N) is 1. The molecule has 0 fully saturated rings. The Morgan fingerprint density at radius 2 is 1.82 bits per heavy atom. The molecule has 33 heavy (non-hydrogen) atoms. The highest BCUT2D eigenvalue weighted by atomic mass is 32.2. The predicted octanol–water partition coefficient (Wildman–Crippen LogP) is 5.95. The molecule has 4 rings (SSSR count). The van der Waals surface area contributed by atoms with Crippen LogP contribution in [0.1, 0.15) is 22.8 Å². The first-order valence-corrected chi connectivity index (χ1v) is 11.0. The molecule has 0 bridgehead atoms. The van der Waals surface area contributed by atoms with E-state index in [1.54, 1.807) is 24.3 Å². The van der Waals surface area contributed by atoms with E-state index >= 15 is 0 Å². The second kappa shape index (κ2) is 10.2. The summed E-state index contributed by atoms with van der Waals surface area (Å²) in [6.45, 7) is 1.86. The Kier molecular flexibility index (Phi) is 7.60. The Balaban J connectivity index is 0.000000235. The standard InChI is InChI=1S/C16H14N2O2S2.C7H6F3N/c1-9-15(19)18-13-7-10(5-6-14(13)22-9)16(20)17-11-3-2-4-12(21)8-11;8-7(9,10)5-3-1-2-4-6(5)11/h2-9,21H,1H3,(H,17,20)(H,18,19);1-4H,11H2. The Bertz CT molecular complexity index is 1190. The van der Waals surface area contributed by atoms with Crippen LogP contribution >= 0.6 is 24.4 Å². The van der Waals surface area contributed by atoms with Gasteiger partial charge in [-0.3, -0.25) is 9.59 Å². The average Bonchev–Trinajstić information content (AvgIpc) is 2.74. The zero-order valence-corrected chi connectivity index (χ0v) is 19.0. The number of carbonyl (C=O) groups is 2. The van der Waals surface area contributed by atoms with E-state index in [1.807, 2.05) is 25.1 Å². The van der Waals surface area contributed by atoms with Crippen molar-refractivity contribution in [1.82, 2.24) is 0 Å². The molecule has 1 unspecified atom stereocenters. The summed E-state index contributed by atoms with van der Waals surface area (Å²) in [6.07, 6.45) is -4.34. The molecule has 0 radical (unpaired) electrons. The molecular formula is C23H20F3N3O2S2. The number of nitrogen functional groups attached to an aromatic ring is 1. The highest BCUT2D eigenvalue weighted by molar-refractivity contribution is 8.00. The molecule has 0 spiro atoms. The van der Waals surface area contributed by atoms with Crippen molar-refractivity contribution >= 4 is 53.3 Å². The summed E-state index contributed by atoms with van der Waals surface area (Å²) < 4.78 is 35.9. The minimum absolute atomic E-state index is 0.0437. The average molecular weight is 492 g/mol. The lowest BCUT2D eigenvalue weighted by molar-refractivity contribution is -0.136. The number of fused-ring (bicyclic) bond motifs is 1. The van der Waals surface area contributed by atoms with Crippen LogP contribution in [0.25, 0.3) is 0 Å². The van der Waals surface area contributed by atoms with Crippen LogP contribution in [0.5, 0.6) is 0 Å². The van der Waals surface area contributed by atoms with Crippen LogP contribution in [0.4, 0.5) is 30.2 Å². The van der Waals surface area contributed by atoms with E-state index in [4.69, 9.17) is 5.73 Å². The fraction of sp³-hybridized carbons (Fsp3) is 0.130. The molecule has 1 atom stereocenters. The Hall–Kier alpha value is -3.11. The number of hydrogen-bond donors (Lipinski definition) is 4. The van der Waals surface area contributed by atoms with Gasteiger partial charge in [0.1, 0.15) is 0 Å². The molecule has 1 aliphatic rings. The van der Waals surface area contributed by atoms with Gasteiger partial charge < -0.3 is 16.4 Å². The summed E-state index contributed by atoms with van der Waals surface area (Å²) in [5, 5.41) is 5.52. The highest BCUT2D eigenvalue weighted by Crippen LogP contribution is 2.36. The summed E-state index contributed by atoms with van der Waals surface area (Å²) in [7, 11) is 0. The van der Waals surface area contributed by atoms with Gasteiger partial charge in [-0.25, -0.2) is 0 Å². The molecule has 0 aromatic heterocycles. The number of anilines is 3. The van der Waals surface area contributed by atoms with E-state index < -0.39 is 11.7 Å². The predicted molar refractivity (Wildman–Crippen MR) is 128 cm³/mol. The van der Waals surface area contributed by atoms with Gasteiger partial charge in [-0.2, -0.15) is 13.2 Å². The number of nitrogens with one attached hydrogen (secondary N) is 2. The molecule has 4 N–H and O–H groups in total. The summed E-state index contributed by atoms with van der Waals surface area (Å²) in [5.41, 5.74) is 5.94. The summed E-state index contributed by atoms with van der Waals surface area (Å²) >= 11 is 5.74. The number of alkyl halides is 3. The second-order valence-corrected chi connectivity index (χ2v) is 8.95. The minimum Gasteiger partial charge on any atom is -0.398 e. The molecular weight excluding hydrogens is 471 g/mol. The highest BCUT2D eigenvalue weighted by Gasteiger charge is 2.32. The quantitative estimate of drug-likeness (QED) is 0.264. The lowest BCUT2D eigenvalue weighted by Crippen LogP contribution is -2.26. The first-order valence-electron chi connectivity index (χ1n) is 9.68. The third kappa shape index (κ3) is 6.45. The number of amides is 2. The topological polar surface area (TPSA) is 84.2 Å². The lowest BCUT2D eigenvalue weighted by atomic mass is 10.1. The Morgan fingerprint density at radius 3 is 2.45 bits per heavy atom. The van der Waals surface area contributed by atoms with E-state index in [2.05, 4.69) is 23.3 Å². The van der Waals surface area contributed by atoms with Gasteiger partial charge >= 0.3 is 6.18 Å². The normalized spacial score (nSPS) is 14.9. The monoisotopic (exact) mass is 491 g/mol. The van der Waals surface area contributed by atoms with E-state index in [0.717, 1.165) is 15.9 Å². The van der Waals surface area contributed by atoms with Crippen molar-refractivity contribution in [1.29, 1.82) is 0 Å². The molecule has 1 heterocycles. The lowest BCUT2D eigenvalue weighted by Gasteiger charge is -2.21. The molecule has 5 nitrogen and oxygen atoms in total. The minimum atomic E-state index is -4.34. The van der Waals surface area contributed by atoms with E-state index in [1.165, 1.54) is 30.0 Å². The van der Waals surface area contributed by atoms with E-state index in [9.17, 15) is 22.8 Å².